The minimum Gasteiger partial charge on any atom is -0.335 e. The summed E-state index contributed by atoms with van der Waals surface area (Å²) in [6, 6.07) is 6.28. The second-order valence-corrected chi connectivity index (χ2v) is 3.84. The van der Waals surface area contributed by atoms with Gasteiger partial charge in [0, 0.05) is 17.3 Å². The van der Waals surface area contributed by atoms with E-state index in [-0.39, 0.29) is 12.5 Å². The van der Waals surface area contributed by atoms with Crippen LogP contribution in [-0.2, 0) is 4.79 Å². The molecule has 96 valence electrons. The van der Waals surface area contributed by atoms with E-state index in [0.29, 0.717) is 17.3 Å². The fourth-order valence-electron chi connectivity index (χ4n) is 1.13. The van der Waals surface area contributed by atoms with E-state index in [0.717, 1.165) is 0 Å². The molecule has 18 heavy (non-hydrogen) atoms. The molecule has 0 aliphatic rings. The zero-order valence-corrected chi connectivity index (χ0v) is 10.5. The number of halogens is 1. The van der Waals surface area contributed by atoms with Gasteiger partial charge in [-0.1, -0.05) is 17.7 Å². The lowest BCUT2D eigenvalue weighted by atomic mass is 10.3. The lowest BCUT2D eigenvalue weighted by molar-refractivity contribution is -0.115. The van der Waals surface area contributed by atoms with E-state index in [1.54, 1.807) is 30.3 Å². The first-order valence-corrected chi connectivity index (χ1v) is 5.67. The van der Waals surface area contributed by atoms with Crippen LogP contribution in [0.1, 0.15) is 0 Å². The molecule has 0 heterocycles. The van der Waals surface area contributed by atoms with Crippen molar-refractivity contribution in [3.05, 3.63) is 41.9 Å². The van der Waals surface area contributed by atoms with Crippen LogP contribution in [-0.4, -0.2) is 25.0 Å². The molecule has 0 aliphatic carbocycles. The summed E-state index contributed by atoms with van der Waals surface area (Å²) in [7, 11) is 0. The van der Waals surface area contributed by atoms with Crippen LogP contribution in [0.25, 0.3) is 0 Å². The van der Waals surface area contributed by atoms with Crippen molar-refractivity contribution in [3.63, 3.8) is 0 Å². The Morgan fingerprint density at radius 1 is 1.22 bits per heavy atom. The van der Waals surface area contributed by atoms with Crippen molar-refractivity contribution < 1.29 is 9.59 Å². The Balaban J connectivity index is 2.31. The van der Waals surface area contributed by atoms with Crippen molar-refractivity contribution in [2.24, 2.45) is 0 Å². The second-order valence-electron chi connectivity index (χ2n) is 3.41. The molecule has 0 saturated heterocycles. The number of rotatable bonds is 5. The number of anilines is 1. The van der Waals surface area contributed by atoms with Crippen LogP contribution in [0.5, 0.6) is 0 Å². The number of carbonyl (C=O) groups is 2. The molecule has 3 amide bonds. The molecule has 0 saturated carbocycles. The van der Waals surface area contributed by atoms with Crippen LogP contribution in [0.2, 0.25) is 5.02 Å². The summed E-state index contributed by atoms with van der Waals surface area (Å²) in [5, 5.41) is 8.12. The topological polar surface area (TPSA) is 70.2 Å². The summed E-state index contributed by atoms with van der Waals surface area (Å²) >= 11 is 5.71. The highest BCUT2D eigenvalue weighted by Crippen LogP contribution is 2.12. The van der Waals surface area contributed by atoms with Gasteiger partial charge in [-0.05, 0) is 24.3 Å². The SMILES string of the molecule is C=CCNC(=O)NCC(=O)Nc1ccc(Cl)cc1. The molecule has 0 aliphatic heterocycles. The van der Waals surface area contributed by atoms with E-state index in [1.807, 2.05) is 0 Å². The summed E-state index contributed by atoms with van der Waals surface area (Å²) < 4.78 is 0. The Morgan fingerprint density at radius 3 is 2.50 bits per heavy atom. The fourth-order valence-corrected chi connectivity index (χ4v) is 1.25. The Morgan fingerprint density at radius 2 is 1.89 bits per heavy atom. The van der Waals surface area contributed by atoms with E-state index in [2.05, 4.69) is 22.5 Å². The van der Waals surface area contributed by atoms with E-state index in [4.69, 9.17) is 11.6 Å². The number of hydrogen-bond acceptors (Lipinski definition) is 2. The van der Waals surface area contributed by atoms with Crippen LogP contribution < -0.4 is 16.0 Å². The van der Waals surface area contributed by atoms with Crippen molar-refractivity contribution in [1.82, 2.24) is 10.6 Å². The lowest BCUT2D eigenvalue weighted by Gasteiger charge is -2.07. The second kappa shape index (κ2) is 7.34. The van der Waals surface area contributed by atoms with Gasteiger partial charge in [-0.2, -0.15) is 0 Å². The third kappa shape index (κ3) is 5.36. The van der Waals surface area contributed by atoms with Crippen molar-refractivity contribution in [1.29, 1.82) is 0 Å². The molecule has 0 bridgehead atoms. The summed E-state index contributed by atoms with van der Waals surface area (Å²) in [6.07, 6.45) is 1.55. The predicted molar refractivity (Wildman–Crippen MR) is 71.7 cm³/mol. The van der Waals surface area contributed by atoms with Crippen molar-refractivity contribution in [3.8, 4) is 0 Å². The maximum absolute atomic E-state index is 11.5. The van der Waals surface area contributed by atoms with E-state index in [9.17, 15) is 9.59 Å². The van der Waals surface area contributed by atoms with Gasteiger partial charge in [0.2, 0.25) is 5.91 Å². The molecule has 5 nitrogen and oxygen atoms in total. The smallest absolute Gasteiger partial charge is 0.315 e. The van der Waals surface area contributed by atoms with Gasteiger partial charge in [-0.15, -0.1) is 6.58 Å². The number of amides is 3. The average Bonchev–Trinajstić information content (AvgIpc) is 2.36. The van der Waals surface area contributed by atoms with Gasteiger partial charge >= 0.3 is 6.03 Å². The van der Waals surface area contributed by atoms with Crippen molar-refractivity contribution in [2.45, 2.75) is 0 Å². The monoisotopic (exact) mass is 267 g/mol. The Hall–Kier alpha value is -2.01. The molecule has 6 heteroatoms. The molecule has 0 fully saturated rings. The minimum absolute atomic E-state index is 0.106. The first kappa shape index (κ1) is 14.1. The van der Waals surface area contributed by atoms with Crippen molar-refractivity contribution >= 4 is 29.2 Å². The van der Waals surface area contributed by atoms with Crippen LogP contribution in [0, 0.1) is 0 Å². The molecule has 3 N–H and O–H groups in total. The molecule has 0 spiro atoms. The lowest BCUT2D eigenvalue weighted by Crippen LogP contribution is -2.40. The first-order chi connectivity index (χ1) is 8.61. The van der Waals surface area contributed by atoms with Gasteiger partial charge < -0.3 is 16.0 Å². The zero-order valence-electron chi connectivity index (χ0n) is 9.70. The average molecular weight is 268 g/mol. The number of hydrogen-bond donors (Lipinski definition) is 3. The highest BCUT2D eigenvalue weighted by atomic mass is 35.5. The standard InChI is InChI=1S/C12H14ClN3O2/c1-2-7-14-12(18)15-8-11(17)16-10-5-3-9(13)4-6-10/h2-6H,1,7-8H2,(H,16,17)(H2,14,15,18). The highest BCUT2D eigenvalue weighted by Gasteiger charge is 2.04. The van der Waals surface area contributed by atoms with Gasteiger partial charge in [0.15, 0.2) is 0 Å². The maximum atomic E-state index is 11.5. The van der Waals surface area contributed by atoms with Gasteiger partial charge in [-0.25, -0.2) is 4.79 Å². The fraction of sp³-hybridized carbons (Fsp3) is 0.167. The largest absolute Gasteiger partial charge is 0.335 e. The van der Waals surface area contributed by atoms with E-state index in [1.165, 1.54) is 0 Å². The highest BCUT2D eigenvalue weighted by molar-refractivity contribution is 6.30. The molecule has 0 radical (unpaired) electrons. The Bertz CT molecular complexity index is 431. The van der Waals surface area contributed by atoms with Gasteiger partial charge in [0.1, 0.15) is 0 Å². The van der Waals surface area contributed by atoms with Gasteiger partial charge in [0.05, 0.1) is 6.54 Å². The molecular weight excluding hydrogens is 254 g/mol. The van der Waals surface area contributed by atoms with Crippen LogP contribution in [0.3, 0.4) is 0 Å². The summed E-state index contributed by atoms with van der Waals surface area (Å²) in [6.45, 7) is 3.70. The van der Waals surface area contributed by atoms with E-state index < -0.39 is 6.03 Å². The summed E-state index contributed by atoms with van der Waals surface area (Å²) in [4.78, 5) is 22.6. The molecule has 0 aromatic heterocycles. The number of nitrogens with one attached hydrogen (secondary N) is 3. The van der Waals surface area contributed by atoms with Crippen molar-refractivity contribution in [2.75, 3.05) is 18.4 Å². The minimum atomic E-state index is -0.416. The van der Waals surface area contributed by atoms with Crippen LogP contribution in [0.4, 0.5) is 10.5 Å². The summed E-state index contributed by atoms with van der Waals surface area (Å²) in [5.41, 5.74) is 0.623. The maximum Gasteiger partial charge on any atom is 0.315 e. The molecule has 0 unspecified atom stereocenters. The molecule has 1 aromatic carbocycles. The quantitative estimate of drug-likeness (QED) is 0.712. The third-order valence-corrected chi connectivity index (χ3v) is 2.20. The summed E-state index contributed by atoms with van der Waals surface area (Å²) in [5.74, 6) is -0.314. The zero-order chi connectivity index (χ0) is 13.4. The normalized spacial score (nSPS) is 9.39. The Kier molecular flexibility index (Phi) is 5.73. The molecule has 1 aromatic rings. The van der Waals surface area contributed by atoms with Gasteiger partial charge in [-0.3, -0.25) is 4.79 Å². The van der Waals surface area contributed by atoms with Crippen LogP contribution >= 0.6 is 11.6 Å². The molecular formula is C12H14ClN3O2. The first-order valence-electron chi connectivity index (χ1n) is 5.30. The third-order valence-electron chi connectivity index (χ3n) is 1.94. The van der Waals surface area contributed by atoms with Gasteiger partial charge in [0.25, 0.3) is 0 Å². The molecule has 0 atom stereocenters. The predicted octanol–water partition coefficient (Wildman–Crippen LogP) is 1.76. The number of carbonyl (C=O) groups excluding carboxylic acids is 2. The number of benzene rings is 1. The van der Waals surface area contributed by atoms with Crippen LogP contribution in [0.15, 0.2) is 36.9 Å². The van der Waals surface area contributed by atoms with E-state index >= 15 is 0 Å². The molecule has 1 rings (SSSR count). The Labute approximate surface area is 110 Å². The number of urea groups is 1.